The highest BCUT2D eigenvalue weighted by Gasteiger charge is 2.31. The van der Waals surface area contributed by atoms with Crippen molar-refractivity contribution in [3.8, 4) is 0 Å². The van der Waals surface area contributed by atoms with Gasteiger partial charge in [0.15, 0.2) is 5.82 Å². The number of tetrazole rings is 1. The van der Waals surface area contributed by atoms with E-state index in [1.165, 1.54) is 29.9 Å². The number of aromatic nitrogens is 4. The van der Waals surface area contributed by atoms with Crippen molar-refractivity contribution in [2.45, 2.75) is 50.2 Å². The number of nitrogens with zero attached hydrogens (tertiary/aromatic N) is 5. The van der Waals surface area contributed by atoms with Crippen LogP contribution in [0.4, 0.5) is 17.6 Å². The molecule has 39 heavy (non-hydrogen) atoms. The molecular weight excluding hydrogens is 540 g/mol. The van der Waals surface area contributed by atoms with E-state index in [2.05, 4.69) is 15.4 Å². The molecule has 1 saturated heterocycles. The largest absolute Gasteiger partial charge is 0.416 e. The van der Waals surface area contributed by atoms with Gasteiger partial charge in [-0.25, -0.2) is 17.9 Å². The number of hydrogen-bond acceptors (Lipinski definition) is 6. The summed E-state index contributed by atoms with van der Waals surface area (Å²) >= 11 is 0. The molecule has 0 saturated carbocycles. The third-order valence-corrected chi connectivity index (χ3v) is 7.74. The van der Waals surface area contributed by atoms with Crippen molar-refractivity contribution in [1.29, 1.82) is 0 Å². The third kappa shape index (κ3) is 6.50. The minimum absolute atomic E-state index is 0.0679. The summed E-state index contributed by atoms with van der Waals surface area (Å²) < 4.78 is 77.7. The number of nitrogens with two attached hydrogens (primary N) is 1. The Balaban J connectivity index is 1.48. The molecule has 0 atom stereocenters. The predicted octanol–water partition coefficient (Wildman–Crippen LogP) is 3.56. The lowest BCUT2D eigenvalue weighted by atomic mass is 9.86. The number of hydrogen-bond donors (Lipinski definition) is 1. The summed E-state index contributed by atoms with van der Waals surface area (Å²) in [6.45, 7) is 3.77. The zero-order valence-electron chi connectivity index (χ0n) is 21.1. The molecule has 2 aromatic carbocycles. The minimum Gasteiger partial charge on any atom is -0.339 e. The molecule has 0 aliphatic carbocycles. The number of likely N-dealkylation sites (tertiary alicyclic amines) is 1. The zero-order valence-corrected chi connectivity index (χ0v) is 21.9. The Bertz CT molecular complexity index is 1530. The fourth-order valence-electron chi connectivity index (χ4n) is 4.77. The maximum atomic E-state index is 14.1. The van der Waals surface area contributed by atoms with E-state index >= 15 is 0 Å². The smallest absolute Gasteiger partial charge is 0.339 e. The van der Waals surface area contributed by atoms with Gasteiger partial charge in [0.2, 0.25) is 15.9 Å². The van der Waals surface area contributed by atoms with Gasteiger partial charge >= 0.3 is 6.18 Å². The van der Waals surface area contributed by atoms with E-state index in [0.29, 0.717) is 42.9 Å². The number of sulfonamides is 1. The van der Waals surface area contributed by atoms with Crippen molar-refractivity contribution in [2.24, 2.45) is 5.14 Å². The van der Waals surface area contributed by atoms with Gasteiger partial charge in [-0.2, -0.15) is 18.0 Å². The Morgan fingerprint density at radius 1 is 1.15 bits per heavy atom. The van der Waals surface area contributed by atoms with Gasteiger partial charge in [-0.15, -0.1) is 10.2 Å². The lowest BCUT2D eigenvalue weighted by Gasteiger charge is -2.32. The lowest BCUT2D eigenvalue weighted by Crippen LogP contribution is -2.37. The molecule has 0 radical (unpaired) electrons. The second-order valence-electron chi connectivity index (χ2n) is 9.35. The number of benzene rings is 2. The summed E-state index contributed by atoms with van der Waals surface area (Å²) in [6, 6.07) is 5.85. The van der Waals surface area contributed by atoms with Gasteiger partial charge in [-0.3, -0.25) is 4.79 Å². The molecule has 4 rings (SSSR count). The second kappa shape index (κ2) is 10.8. The van der Waals surface area contributed by atoms with E-state index in [4.69, 9.17) is 5.14 Å². The van der Waals surface area contributed by atoms with Gasteiger partial charge in [-0.05, 0) is 84.3 Å². The quantitative estimate of drug-likeness (QED) is 0.360. The molecule has 3 aromatic rings. The first-order valence-electron chi connectivity index (χ1n) is 12.0. The van der Waals surface area contributed by atoms with Crippen molar-refractivity contribution in [1.82, 2.24) is 25.1 Å². The number of piperidine rings is 1. The topological polar surface area (TPSA) is 124 Å². The van der Waals surface area contributed by atoms with Crippen LogP contribution in [-0.2, 0) is 27.5 Å². The Labute approximate surface area is 222 Å². The number of carbonyl (C=O) groups is 1. The maximum Gasteiger partial charge on any atom is 0.416 e. The molecule has 0 bridgehead atoms. The van der Waals surface area contributed by atoms with Crippen molar-refractivity contribution in [2.75, 3.05) is 13.1 Å². The number of rotatable bonds is 6. The molecule has 1 aromatic heterocycles. The van der Waals surface area contributed by atoms with E-state index in [1.807, 2.05) is 0 Å². The summed E-state index contributed by atoms with van der Waals surface area (Å²) in [5.41, 5.74) is 0.756. The molecule has 1 fully saturated rings. The summed E-state index contributed by atoms with van der Waals surface area (Å²) in [6.07, 6.45) is -0.760. The first-order valence-corrected chi connectivity index (χ1v) is 13.5. The van der Waals surface area contributed by atoms with E-state index in [1.54, 1.807) is 17.9 Å². The highest BCUT2D eigenvalue weighted by Crippen LogP contribution is 2.34. The van der Waals surface area contributed by atoms with Crippen LogP contribution in [-0.4, -0.2) is 52.5 Å². The number of carbonyl (C=O) groups excluding carboxylic acids is 1. The summed E-state index contributed by atoms with van der Waals surface area (Å²) in [4.78, 5) is 15.1. The lowest BCUT2D eigenvalue weighted by molar-refractivity contribution is -0.137. The Morgan fingerprint density at radius 3 is 2.44 bits per heavy atom. The van der Waals surface area contributed by atoms with Gasteiger partial charge in [0.05, 0.1) is 12.1 Å². The summed E-state index contributed by atoms with van der Waals surface area (Å²) in [5, 5.41) is 16.7. The fourth-order valence-corrected chi connectivity index (χ4v) is 5.65. The standard InChI is InChI=1S/C25H26F4N6O3S/c1-15-21(6-7-22(26)24(15)39(30,37)38)18-9-11-34(12-10-18)23(36)8-4-17-3-5-20(25(27,28)29)13-19(17)14-35-32-16(2)31-33-35/h3-8,13,18H,9-12,14H2,1-2H3,(H2,30,37,38)/b8-4+. The van der Waals surface area contributed by atoms with Crippen LogP contribution in [0.5, 0.6) is 0 Å². The van der Waals surface area contributed by atoms with Gasteiger partial charge in [0, 0.05) is 19.2 Å². The molecule has 14 heteroatoms. The number of halogens is 4. The van der Waals surface area contributed by atoms with E-state index in [9.17, 15) is 30.8 Å². The molecule has 0 spiro atoms. The van der Waals surface area contributed by atoms with Crippen LogP contribution in [0.15, 0.2) is 41.3 Å². The minimum atomic E-state index is -4.54. The molecule has 2 heterocycles. The summed E-state index contributed by atoms with van der Waals surface area (Å²) in [7, 11) is -4.24. The molecule has 9 nitrogen and oxygen atoms in total. The Morgan fingerprint density at radius 2 is 1.85 bits per heavy atom. The first kappa shape index (κ1) is 28.4. The third-order valence-electron chi connectivity index (χ3n) is 6.67. The normalized spacial score (nSPS) is 15.3. The molecule has 1 aliphatic heterocycles. The highest BCUT2D eigenvalue weighted by atomic mass is 32.2. The van der Waals surface area contributed by atoms with Crippen LogP contribution in [0.25, 0.3) is 6.08 Å². The van der Waals surface area contributed by atoms with Gasteiger partial charge in [0.1, 0.15) is 10.7 Å². The van der Waals surface area contributed by atoms with Crippen LogP contribution in [0.1, 0.15) is 52.4 Å². The molecule has 1 amide bonds. The van der Waals surface area contributed by atoms with E-state index in [0.717, 1.165) is 18.2 Å². The molecule has 208 valence electrons. The average Bonchev–Trinajstić information content (AvgIpc) is 3.26. The zero-order chi connectivity index (χ0) is 28.5. The van der Waals surface area contributed by atoms with Crippen LogP contribution in [0.2, 0.25) is 0 Å². The Hall–Kier alpha value is -3.65. The molecule has 0 unspecified atom stereocenters. The van der Waals surface area contributed by atoms with Crippen LogP contribution in [0.3, 0.4) is 0 Å². The van der Waals surface area contributed by atoms with Crippen LogP contribution in [0, 0.1) is 19.7 Å². The monoisotopic (exact) mass is 566 g/mol. The number of aryl methyl sites for hydroxylation is 1. The maximum absolute atomic E-state index is 14.1. The molecule has 1 aliphatic rings. The SMILES string of the molecule is Cc1nnn(Cc2cc(C(F)(F)F)ccc2/C=C/C(=O)N2CCC(c3ccc(F)c(S(N)(=O)=O)c3C)CC2)n1. The highest BCUT2D eigenvalue weighted by molar-refractivity contribution is 7.89. The fraction of sp³-hybridized carbons (Fsp3) is 0.360. The van der Waals surface area contributed by atoms with Crippen molar-refractivity contribution in [3.63, 3.8) is 0 Å². The van der Waals surface area contributed by atoms with Crippen molar-refractivity contribution < 1.29 is 30.8 Å². The van der Waals surface area contributed by atoms with Crippen molar-refractivity contribution in [3.05, 3.63) is 75.9 Å². The van der Waals surface area contributed by atoms with Crippen LogP contribution < -0.4 is 5.14 Å². The second-order valence-corrected chi connectivity index (χ2v) is 10.8. The van der Waals surface area contributed by atoms with Gasteiger partial charge in [0.25, 0.3) is 0 Å². The molecule has 2 N–H and O–H groups in total. The predicted molar refractivity (Wildman–Crippen MR) is 133 cm³/mol. The number of primary sulfonamides is 1. The number of alkyl halides is 3. The first-order chi connectivity index (χ1) is 18.2. The Kier molecular flexibility index (Phi) is 7.89. The average molecular weight is 567 g/mol. The van der Waals surface area contributed by atoms with E-state index in [-0.39, 0.29) is 29.5 Å². The van der Waals surface area contributed by atoms with Gasteiger partial charge in [-0.1, -0.05) is 12.1 Å². The van der Waals surface area contributed by atoms with E-state index < -0.39 is 32.5 Å². The summed E-state index contributed by atoms with van der Waals surface area (Å²) in [5.74, 6) is -0.961. The molecular formula is C25H26F4N6O3S. The van der Waals surface area contributed by atoms with Gasteiger partial charge < -0.3 is 4.90 Å². The van der Waals surface area contributed by atoms with Crippen LogP contribution >= 0.6 is 0 Å². The number of amides is 1. The van der Waals surface area contributed by atoms with Crippen molar-refractivity contribution >= 4 is 22.0 Å².